The molecule has 126 valence electrons. The first kappa shape index (κ1) is 17.0. The predicted molar refractivity (Wildman–Crippen MR) is 101 cm³/mol. The average molecular weight is 352 g/mol. The van der Waals surface area contributed by atoms with E-state index in [1.54, 1.807) is 17.9 Å². The zero-order valence-corrected chi connectivity index (χ0v) is 14.6. The predicted octanol–water partition coefficient (Wildman–Crippen LogP) is 3.93. The van der Waals surface area contributed by atoms with E-state index in [2.05, 4.69) is 10.4 Å². The lowest BCUT2D eigenvalue weighted by Gasteiger charge is -2.10. The van der Waals surface area contributed by atoms with Crippen LogP contribution in [0.5, 0.6) is 0 Å². The summed E-state index contributed by atoms with van der Waals surface area (Å²) in [6.07, 6.45) is 3.45. The number of nitrogens with one attached hydrogen (secondary N) is 1. The van der Waals surface area contributed by atoms with Gasteiger partial charge in [-0.1, -0.05) is 72.3 Å². The van der Waals surface area contributed by atoms with Crippen LogP contribution in [0.3, 0.4) is 0 Å². The van der Waals surface area contributed by atoms with Crippen molar-refractivity contribution in [2.24, 2.45) is 7.05 Å². The van der Waals surface area contributed by atoms with E-state index in [4.69, 9.17) is 11.6 Å². The van der Waals surface area contributed by atoms with Crippen LogP contribution in [0.15, 0.2) is 66.9 Å². The van der Waals surface area contributed by atoms with Gasteiger partial charge in [-0.25, -0.2) is 0 Å². The number of aromatic nitrogens is 2. The van der Waals surface area contributed by atoms with Crippen LogP contribution in [0.2, 0.25) is 5.02 Å². The minimum atomic E-state index is -0.160. The van der Waals surface area contributed by atoms with Crippen molar-refractivity contribution >= 4 is 29.2 Å². The fourth-order valence-electron chi connectivity index (χ4n) is 2.51. The van der Waals surface area contributed by atoms with E-state index in [1.165, 1.54) is 0 Å². The van der Waals surface area contributed by atoms with Gasteiger partial charge in [-0.05, 0) is 17.2 Å². The van der Waals surface area contributed by atoms with Crippen LogP contribution >= 0.6 is 11.6 Å². The lowest BCUT2D eigenvalue weighted by atomic mass is 10.0. The molecule has 0 unspecified atom stereocenters. The summed E-state index contributed by atoms with van der Waals surface area (Å²) in [5, 5.41) is 7.55. The normalized spacial score (nSPS) is 11.4. The first-order valence-electron chi connectivity index (χ1n) is 7.92. The number of nitrogens with zero attached hydrogens (tertiary/aromatic N) is 2. The standard InChI is InChI=1S/C20H18ClN3O/c1-24-19(18(21)13-23-24)14-22-20(25)17(16-10-6-3-7-11-16)12-15-8-4-2-5-9-15/h2-13H,14H2,1H3,(H,22,25)/b17-12-. The smallest absolute Gasteiger partial charge is 0.252 e. The number of carbonyl (C=O) groups is 1. The number of benzene rings is 2. The number of carbonyl (C=O) groups excluding carboxylic acids is 1. The van der Waals surface area contributed by atoms with Crippen molar-refractivity contribution in [3.8, 4) is 0 Å². The quantitative estimate of drug-likeness (QED) is 0.559. The van der Waals surface area contributed by atoms with Gasteiger partial charge in [0.1, 0.15) is 0 Å². The van der Waals surface area contributed by atoms with Crippen LogP contribution in [0.4, 0.5) is 0 Å². The second-order valence-corrected chi connectivity index (χ2v) is 5.99. The highest BCUT2D eigenvalue weighted by atomic mass is 35.5. The van der Waals surface area contributed by atoms with Crippen LogP contribution in [0.25, 0.3) is 11.6 Å². The van der Waals surface area contributed by atoms with Crippen molar-refractivity contribution in [2.75, 3.05) is 0 Å². The Balaban J connectivity index is 1.87. The summed E-state index contributed by atoms with van der Waals surface area (Å²) in [6, 6.07) is 19.4. The maximum Gasteiger partial charge on any atom is 0.252 e. The minimum absolute atomic E-state index is 0.160. The summed E-state index contributed by atoms with van der Waals surface area (Å²) in [5.41, 5.74) is 3.20. The molecule has 0 spiro atoms. The third-order valence-corrected chi connectivity index (χ3v) is 4.18. The van der Waals surface area contributed by atoms with Gasteiger partial charge in [0.25, 0.3) is 5.91 Å². The molecule has 0 radical (unpaired) electrons. The second-order valence-electron chi connectivity index (χ2n) is 5.58. The molecule has 1 N–H and O–H groups in total. The van der Waals surface area contributed by atoms with Gasteiger partial charge in [0.15, 0.2) is 0 Å². The Morgan fingerprint density at radius 3 is 2.36 bits per heavy atom. The Morgan fingerprint density at radius 1 is 1.12 bits per heavy atom. The number of rotatable bonds is 5. The third-order valence-electron chi connectivity index (χ3n) is 3.87. The van der Waals surface area contributed by atoms with Crippen LogP contribution in [0, 0.1) is 0 Å². The van der Waals surface area contributed by atoms with Gasteiger partial charge in [-0.3, -0.25) is 9.48 Å². The first-order chi connectivity index (χ1) is 12.1. The molecule has 25 heavy (non-hydrogen) atoms. The molecule has 5 heteroatoms. The van der Waals surface area contributed by atoms with Crippen LogP contribution < -0.4 is 5.32 Å². The Bertz CT molecular complexity index is 866. The largest absolute Gasteiger partial charge is 0.346 e. The fourth-order valence-corrected chi connectivity index (χ4v) is 2.74. The molecule has 4 nitrogen and oxygen atoms in total. The van der Waals surface area contributed by atoms with Gasteiger partial charge in [-0.2, -0.15) is 5.10 Å². The Hall–Kier alpha value is -2.85. The molecule has 2 aromatic carbocycles. The fraction of sp³-hybridized carbons (Fsp3) is 0.100. The van der Waals surface area contributed by atoms with Gasteiger partial charge in [0.2, 0.25) is 0 Å². The second kappa shape index (κ2) is 7.81. The van der Waals surface area contributed by atoms with E-state index in [0.717, 1.165) is 16.8 Å². The van der Waals surface area contributed by atoms with Crippen molar-refractivity contribution in [1.29, 1.82) is 0 Å². The summed E-state index contributed by atoms with van der Waals surface area (Å²) in [5.74, 6) is -0.160. The molecular weight excluding hydrogens is 334 g/mol. The molecule has 0 fully saturated rings. The highest BCUT2D eigenvalue weighted by molar-refractivity contribution is 6.31. The first-order valence-corrected chi connectivity index (χ1v) is 8.29. The van der Waals surface area contributed by atoms with Crippen LogP contribution in [-0.4, -0.2) is 15.7 Å². The number of aryl methyl sites for hydroxylation is 1. The average Bonchev–Trinajstić information content (AvgIpc) is 2.97. The molecule has 0 aliphatic heterocycles. The maximum atomic E-state index is 12.8. The van der Waals surface area contributed by atoms with E-state index in [0.29, 0.717) is 17.1 Å². The highest BCUT2D eigenvalue weighted by Crippen LogP contribution is 2.19. The molecule has 3 aromatic rings. The zero-order chi connectivity index (χ0) is 17.6. The van der Waals surface area contributed by atoms with E-state index in [9.17, 15) is 4.79 Å². The molecule has 0 saturated carbocycles. The molecule has 0 aliphatic rings. The van der Waals surface area contributed by atoms with Gasteiger partial charge < -0.3 is 5.32 Å². The number of hydrogen-bond donors (Lipinski definition) is 1. The van der Waals surface area contributed by atoms with Crippen LogP contribution in [0.1, 0.15) is 16.8 Å². The molecule has 0 aliphatic carbocycles. The van der Waals surface area contributed by atoms with E-state index >= 15 is 0 Å². The molecular formula is C20H18ClN3O. The van der Waals surface area contributed by atoms with Gasteiger partial charge in [0, 0.05) is 12.6 Å². The van der Waals surface area contributed by atoms with Crippen molar-refractivity contribution in [3.05, 3.63) is 88.7 Å². The van der Waals surface area contributed by atoms with Crippen molar-refractivity contribution < 1.29 is 4.79 Å². The molecule has 0 atom stereocenters. The van der Waals surface area contributed by atoms with E-state index in [-0.39, 0.29) is 5.91 Å². The van der Waals surface area contributed by atoms with Crippen molar-refractivity contribution in [1.82, 2.24) is 15.1 Å². The molecule has 1 amide bonds. The summed E-state index contributed by atoms with van der Waals surface area (Å²) in [6.45, 7) is 0.313. The Kier molecular flexibility index (Phi) is 5.31. The Morgan fingerprint density at radius 2 is 1.76 bits per heavy atom. The lowest BCUT2D eigenvalue weighted by Crippen LogP contribution is -2.25. The zero-order valence-electron chi connectivity index (χ0n) is 13.8. The monoisotopic (exact) mass is 351 g/mol. The lowest BCUT2D eigenvalue weighted by molar-refractivity contribution is -0.115. The maximum absolute atomic E-state index is 12.8. The SMILES string of the molecule is Cn1ncc(Cl)c1CNC(=O)/C(=C\c1ccccc1)c1ccccc1. The molecule has 0 saturated heterocycles. The minimum Gasteiger partial charge on any atom is -0.346 e. The topological polar surface area (TPSA) is 46.9 Å². The van der Waals surface area contributed by atoms with Crippen molar-refractivity contribution in [2.45, 2.75) is 6.54 Å². The summed E-state index contributed by atoms with van der Waals surface area (Å²) in [7, 11) is 1.80. The van der Waals surface area contributed by atoms with Crippen LogP contribution in [-0.2, 0) is 18.4 Å². The third kappa shape index (κ3) is 4.17. The molecule has 0 bridgehead atoms. The molecule has 3 rings (SSSR count). The van der Waals surface area contributed by atoms with Gasteiger partial charge >= 0.3 is 0 Å². The summed E-state index contributed by atoms with van der Waals surface area (Å²) >= 11 is 6.11. The Labute approximate surface area is 151 Å². The van der Waals surface area contributed by atoms with Gasteiger partial charge in [-0.15, -0.1) is 0 Å². The van der Waals surface area contributed by atoms with E-state index < -0.39 is 0 Å². The summed E-state index contributed by atoms with van der Waals surface area (Å²) in [4.78, 5) is 12.8. The van der Waals surface area contributed by atoms with Gasteiger partial charge in [0.05, 0.1) is 23.5 Å². The van der Waals surface area contributed by atoms with Crippen molar-refractivity contribution in [3.63, 3.8) is 0 Å². The van der Waals surface area contributed by atoms with E-state index in [1.807, 2.05) is 66.7 Å². The molecule has 1 aromatic heterocycles. The molecule has 1 heterocycles. The number of hydrogen-bond acceptors (Lipinski definition) is 2. The number of amides is 1. The summed E-state index contributed by atoms with van der Waals surface area (Å²) < 4.78 is 1.66. The highest BCUT2D eigenvalue weighted by Gasteiger charge is 2.14. The number of halogens is 1.